The maximum atomic E-state index is 12.3. The van der Waals surface area contributed by atoms with Crippen LogP contribution in [0.3, 0.4) is 0 Å². The molecule has 8 heteroatoms. The molecule has 1 aliphatic rings. The number of piperidine rings is 1. The fraction of sp³-hybridized carbons (Fsp3) is 0.375. The quantitative estimate of drug-likeness (QED) is 0.761. The number of aromatic amines is 1. The number of aryl methyl sites for hydroxylation is 1. The topological polar surface area (TPSA) is 86.8 Å². The van der Waals surface area contributed by atoms with E-state index in [2.05, 4.69) is 30.4 Å². The van der Waals surface area contributed by atoms with E-state index < -0.39 is 0 Å². The molecule has 4 heterocycles. The Labute approximate surface area is 143 Å². The number of nitrogens with one attached hydrogen (secondary N) is 2. The number of aromatic nitrogens is 4. The number of hydrogen-bond acceptors (Lipinski definition) is 6. The molecule has 0 bridgehead atoms. The molecule has 24 heavy (non-hydrogen) atoms. The molecule has 1 fully saturated rings. The molecule has 3 aromatic heterocycles. The molecule has 3 aromatic rings. The van der Waals surface area contributed by atoms with Gasteiger partial charge in [-0.1, -0.05) is 0 Å². The zero-order chi connectivity index (χ0) is 16.5. The summed E-state index contributed by atoms with van der Waals surface area (Å²) in [5.41, 5.74) is 0.753. The molecule has 0 aliphatic carbocycles. The van der Waals surface area contributed by atoms with Crippen LogP contribution in [0.2, 0.25) is 0 Å². The predicted molar refractivity (Wildman–Crippen MR) is 93.4 cm³/mol. The number of thiophene rings is 1. The van der Waals surface area contributed by atoms with Crippen molar-refractivity contribution in [3.05, 3.63) is 34.4 Å². The van der Waals surface area contributed by atoms with Gasteiger partial charge in [-0.2, -0.15) is 5.10 Å². The third kappa shape index (κ3) is 2.84. The molecule has 0 aromatic carbocycles. The fourth-order valence-electron chi connectivity index (χ4n) is 3.05. The first-order valence-electron chi connectivity index (χ1n) is 7.97. The summed E-state index contributed by atoms with van der Waals surface area (Å²) in [5.74, 6) is 0.943. The highest BCUT2D eigenvalue weighted by atomic mass is 32.1. The van der Waals surface area contributed by atoms with E-state index in [9.17, 15) is 4.79 Å². The van der Waals surface area contributed by atoms with Crippen molar-refractivity contribution in [2.75, 3.05) is 18.0 Å². The minimum atomic E-state index is 0.0332. The van der Waals surface area contributed by atoms with Crippen molar-refractivity contribution in [2.45, 2.75) is 25.8 Å². The maximum absolute atomic E-state index is 12.3. The molecule has 1 amide bonds. The van der Waals surface area contributed by atoms with Crippen molar-refractivity contribution >= 4 is 34.1 Å². The van der Waals surface area contributed by atoms with Crippen molar-refractivity contribution < 1.29 is 4.79 Å². The number of rotatable bonds is 3. The second kappa shape index (κ2) is 6.20. The fourth-order valence-corrected chi connectivity index (χ4v) is 3.82. The largest absolute Gasteiger partial charge is 0.356 e. The van der Waals surface area contributed by atoms with Crippen molar-refractivity contribution in [3.8, 4) is 0 Å². The highest BCUT2D eigenvalue weighted by molar-refractivity contribution is 7.13. The Morgan fingerprint density at radius 3 is 2.92 bits per heavy atom. The Morgan fingerprint density at radius 2 is 2.17 bits per heavy atom. The van der Waals surface area contributed by atoms with E-state index >= 15 is 0 Å². The lowest BCUT2D eigenvalue weighted by molar-refractivity contribution is 0.0935. The Kier molecular flexibility index (Phi) is 3.89. The van der Waals surface area contributed by atoms with E-state index in [1.807, 2.05) is 19.1 Å². The summed E-state index contributed by atoms with van der Waals surface area (Å²) in [7, 11) is 0. The first kappa shape index (κ1) is 15.1. The average Bonchev–Trinajstić information content (AvgIpc) is 3.24. The van der Waals surface area contributed by atoms with Crippen LogP contribution in [0.1, 0.15) is 27.4 Å². The number of H-pyrrole nitrogens is 1. The summed E-state index contributed by atoms with van der Waals surface area (Å²) >= 11 is 1.53. The lowest BCUT2D eigenvalue weighted by atomic mass is 10.0. The van der Waals surface area contributed by atoms with Crippen molar-refractivity contribution in [1.82, 2.24) is 25.5 Å². The standard InChI is InChI=1S/C16H18N6OS/c1-10-2-3-13(24-10)16(23)20-11-4-6-22(7-5-11)15-12-8-19-21-14(12)17-9-18-15/h2-3,8-9,11H,4-7H2,1H3,(H,20,23)(H,17,18,19,21). The van der Waals surface area contributed by atoms with E-state index in [0.29, 0.717) is 0 Å². The lowest BCUT2D eigenvalue weighted by Gasteiger charge is -2.33. The monoisotopic (exact) mass is 342 g/mol. The molecule has 0 unspecified atom stereocenters. The average molecular weight is 342 g/mol. The molecule has 1 aliphatic heterocycles. The van der Waals surface area contributed by atoms with Gasteiger partial charge in [-0.25, -0.2) is 9.97 Å². The van der Waals surface area contributed by atoms with E-state index in [1.54, 1.807) is 12.5 Å². The smallest absolute Gasteiger partial charge is 0.261 e. The van der Waals surface area contributed by atoms with Gasteiger partial charge in [0.15, 0.2) is 5.65 Å². The van der Waals surface area contributed by atoms with Crippen LogP contribution < -0.4 is 10.2 Å². The molecule has 124 valence electrons. The first-order chi connectivity index (χ1) is 11.7. The van der Waals surface area contributed by atoms with Gasteiger partial charge in [-0.3, -0.25) is 9.89 Å². The molecule has 7 nitrogen and oxygen atoms in total. The van der Waals surface area contributed by atoms with Crippen LogP contribution in [0.15, 0.2) is 24.7 Å². The van der Waals surface area contributed by atoms with E-state index in [-0.39, 0.29) is 11.9 Å². The normalized spacial score (nSPS) is 15.8. The first-order valence-corrected chi connectivity index (χ1v) is 8.78. The van der Waals surface area contributed by atoms with Crippen LogP contribution in [0.25, 0.3) is 11.0 Å². The highest BCUT2D eigenvalue weighted by Crippen LogP contribution is 2.24. The third-order valence-corrected chi connectivity index (χ3v) is 5.32. The molecule has 1 saturated heterocycles. The summed E-state index contributed by atoms with van der Waals surface area (Å²) in [6.45, 7) is 3.72. The Bertz CT molecular complexity index is 864. The maximum Gasteiger partial charge on any atom is 0.261 e. The number of amides is 1. The third-order valence-electron chi connectivity index (χ3n) is 4.32. The van der Waals surface area contributed by atoms with Gasteiger partial charge in [0.1, 0.15) is 12.1 Å². The second-order valence-electron chi connectivity index (χ2n) is 5.97. The zero-order valence-electron chi connectivity index (χ0n) is 13.3. The van der Waals surface area contributed by atoms with Gasteiger partial charge in [0.25, 0.3) is 5.91 Å². The number of nitrogens with zero attached hydrogens (tertiary/aromatic N) is 4. The molecule has 4 rings (SSSR count). The summed E-state index contributed by atoms with van der Waals surface area (Å²) in [5, 5.41) is 11.0. The minimum absolute atomic E-state index is 0.0332. The molecule has 0 saturated carbocycles. The number of anilines is 1. The summed E-state index contributed by atoms with van der Waals surface area (Å²) in [4.78, 5) is 25.0. The summed E-state index contributed by atoms with van der Waals surface area (Å²) < 4.78 is 0. The van der Waals surface area contributed by atoms with Crippen molar-refractivity contribution in [3.63, 3.8) is 0 Å². The minimum Gasteiger partial charge on any atom is -0.356 e. The van der Waals surface area contributed by atoms with Gasteiger partial charge < -0.3 is 10.2 Å². The number of hydrogen-bond donors (Lipinski definition) is 2. The van der Waals surface area contributed by atoms with E-state index in [4.69, 9.17) is 0 Å². The second-order valence-corrected chi connectivity index (χ2v) is 7.26. The van der Waals surface area contributed by atoms with Crippen LogP contribution in [-0.4, -0.2) is 45.2 Å². The van der Waals surface area contributed by atoms with Crippen molar-refractivity contribution in [1.29, 1.82) is 0 Å². The van der Waals surface area contributed by atoms with Gasteiger partial charge in [-0.15, -0.1) is 11.3 Å². The lowest BCUT2D eigenvalue weighted by Crippen LogP contribution is -2.44. The van der Waals surface area contributed by atoms with E-state index in [1.165, 1.54) is 11.3 Å². The Balaban J connectivity index is 1.40. The van der Waals surface area contributed by atoms with Gasteiger partial charge in [0, 0.05) is 24.0 Å². The molecule has 0 atom stereocenters. The highest BCUT2D eigenvalue weighted by Gasteiger charge is 2.23. The van der Waals surface area contributed by atoms with Crippen LogP contribution in [0.4, 0.5) is 5.82 Å². The molecular weight excluding hydrogens is 324 g/mol. The molecular formula is C16H18N6OS. The molecule has 2 N–H and O–H groups in total. The predicted octanol–water partition coefficient (Wildman–Crippen LogP) is 2.12. The SMILES string of the molecule is Cc1ccc(C(=O)NC2CCN(c3ncnc4[nH]ncc34)CC2)s1. The van der Waals surface area contributed by atoms with Crippen LogP contribution >= 0.6 is 11.3 Å². The van der Waals surface area contributed by atoms with Gasteiger partial charge in [0.2, 0.25) is 0 Å². The Hall–Kier alpha value is -2.48. The van der Waals surface area contributed by atoms with Gasteiger partial charge >= 0.3 is 0 Å². The van der Waals surface area contributed by atoms with Crippen LogP contribution in [-0.2, 0) is 0 Å². The number of carbonyl (C=O) groups is 1. The molecule has 0 spiro atoms. The number of fused-ring (bicyclic) bond motifs is 1. The van der Waals surface area contributed by atoms with Crippen LogP contribution in [0, 0.1) is 6.92 Å². The van der Waals surface area contributed by atoms with Crippen LogP contribution in [0.5, 0.6) is 0 Å². The Morgan fingerprint density at radius 1 is 1.33 bits per heavy atom. The summed E-state index contributed by atoms with van der Waals surface area (Å²) in [6.07, 6.45) is 5.12. The van der Waals surface area contributed by atoms with Gasteiger partial charge in [-0.05, 0) is 31.9 Å². The van der Waals surface area contributed by atoms with Crippen molar-refractivity contribution in [2.24, 2.45) is 0 Å². The molecule has 0 radical (unpaired) electrons. The summed E-state index contributed by atoms with van der Waals surface area (Å²) in [6, 6.07) is 4.08. The number of carbonyl (C=O) groups excluding carboxylic acids is 1. The van der Waals surface area contributed by atoms with E-state index in [0.717, 1.165) is 52.5 Å². The van der Waals surface area contributed by atoms with Gasteiger partial charge in [0.05, 0.1) is 16.5 Å². The zero-order valence-corrected chi connectivity index (χ0v) is 14.1.